The molecule has 0 spiro atoms. The maximum absolute atomic E-state index is 12.4. The Kier molecular flexibility index (Phi) is 8.05. The summed E-state index contributed by atoms with van der Waals surface area (Å²) in [7, 11) is -5.44. The Labute approximate surface area is 161 Å². The number of hydrogen-bond acceptors (Lipinski definition) is 5. The third kappa shape index (κ3) is 5.22. The Hall–Kier alpha value is -1.41. The van der Waals surface area contributed by atoms with Crippen molar-refractivity contribution >= 4 is 8.01 Å². The highest BCUT2D eigenvalue weighted by atomic mass is 31.1. The van der Waals surface area contributed by atoms with Gasteiger partial charge in [0.15, 0.2) is 0 Å². The van der Waals surface area contributed by atoms with E-state index >= 15 is 0 Å². The zero-order valence-electron chi connectivity index (χ0n) is 13.3. The quantitative estimate of drug-likeness (QED) is 0.174. The van der Waals surface area contributed by atoms with Crippen molar-refractivity contribution in [3.8, 4) is 0 Å². The highest BCUT2D eigenvalue weighted by Crippen LogP contribution is 2.58. The van der Waals surface area contributed by atoms with Crippen LogP contribution in [0.3, 0.4) is 0 Å². The highest BCUT2D eigenvalue weighted by Gasteiger charge is 2.88. The predicted octanol–water partition coefficient (Wildman–Crippen LogP) is 6.53. The molecular formula is C8F18NO4P. The van der Waals surface area contributed by atoms with E-state index < -0.39 is 56.3 Å². The number of halogens is 18. The number of hydrogen-bond donors (Lipinski definition) is 0. The molecule has 0 aromatic heterocycles. The largest absolute Gasteiger partial charge is 0.439 e. The lowest BCUT2D eigenvalue weighted by molar-refractivity contribution is -0.525. The topological polar surface area (TPSA) is 60.7 Å². The maximum Gasteiger partial charge on any atom is 0.439 e. The molecule has 0 saturated carbocycles. The van der Waals surface area contributed by atoms with Gasteiger partial charge in [0, 0.05) is 0 Å². The van der Waals surface area contributed by atoms with E-state index in [-0.39, 0.29) is 0 Å². The lowest BCUT2D eigenvalue weighted by Crippen LogP contribution is -2.67. The molecule has 0 aromatic rings. The molecule has 0 aliphatic carbocycles. The predicted molar refractivity (Wildman–Crippen MR) is 54.8 cm³/mol. The maximum atomic E-state index is 12.4. The average molecular weight is 547 g/mol. The molecule has 32 heavy (non-hydrogen) atoms. The Morgan fingerprint density at radius 2 is 0.531 bits per heavy atom. The van der Waals surface area contributed by atoms with Crippen LogP contribution in [0, 0.1) is 5.00 Å². The third-order valence-electron chi connectivity index (χ3n) is 2.85. The summed E-state index contributed by atoms with van der Waals surface area (Å²) in [5.41, 5.74) is -14.8. The summed E-state index contributed by atoms with van der Waals surface area (Å²) in [6.07, 6.45) is -45.5. The van der Waals surface area contributed by atoms with Crippen LogP contribution in [0.1, 0.15) is 0 Å². The molecule has 0 aliphatic rings. The molecule has 5 nitrogen and oxygen atoms in total. The average Bonchev–Trinajstić information content (AvgIpc) is 2.38. The van der Waals surface area contributed by atoms with E-state index in [2.05, 4.69) is 9.35 Å². The molecule has 0 bridgehead atoms. The number of rotatable bonds is 4. The van der Waals surface area contributed by atoms with Gasteiger partial charge in [0.2, 0.25) is 0 Å². The van der Waals surface area contributed by atoms with Crippen molar-refractivity contribution in [2.45, 2.75) is 48.3 Å². The Morgan fingerprint density at radius 1 is 0.375 bits per heavy atom. The molecule has 0 aromatic carbocycles. The zero-order valence-corrected chi connectivity index (χ0v) is 14.2. The fourth-order valence-electron chi connectivity index (χ4n) is 1.44. The standard InChI is InChI=1S/C8F18NO4P/c9-3(10,11)1(4(12,13)14,5(15,16)17)28-30-32(27)31-29-2(6(18,19)20,7(21,22)23)8(24,25)26. The van der Waals surface area contributed by atoms with Crippen LogP contribution in [-0.2, 0) is 19.1 Å². The first kappa shape index (κ1) is 30.6. The van der Waals surface area contributed by atoms with Crippen molar-refractivity contribution in [2.75, 3.05) is 0 Å². The Bertz CT molecular complexity index is 586. The lowest BCUT2D eigenvalue weighted by atomic mass is 10.0. The van der Waals surface area contributed by atoms with Crippen molar-refractivity contribution < 1.29 is 98.2 Å². The normalized spacial score (nSPS) is 15.8. The van der Waals surface area contributed by atoms with Crippen molar-refractivity contribution in [1.82, 2.24) is 0 Å². The summed E-state index contributed by atoms with van der Waals surface area (Å²) in [6.45, 7) is 0. The van der Waals surface area contributed by atoms with E-state index in [1.165, 1.54) is 0 Å². The van der Waals surface area contributed by atoms with E-state index in [4.69, 9.17) is 5.00 Å². The fourth-order valence-corrected chi connectivity index (χ4v) is 1.81. The molecule has 0 radical (unpaired) electrons. The van der Waals surface area contributed by atoms with Crippen LogP contribution in [0.25, 0.3) is 0 Å². The minimum absolute atomic E-state index is 1.96. The molecule has 0 atom stereocenters. The smallest absolute Gasteiger partial charge is 0.187 e. The van der Waals surface area contributed by atoms with E-state index in [0.717, 1.165) is 0 Å². The van der Waals surface area contributed by atoms with Gasteiger partial charge in [-0.15, -0.1) is 9.35 Å². The van der Waals surface area contributed by atoms with Gasteiger partial charge >= 0.3 is 56.3 Å². The summed E-state index contributed by atoms with van der Waals surface area (Å²) in [5.74, 6) is 0. The summed E-state index contributed by atoms with van der Waals surface area (Å²) in [6, 6.07) is 0. The second-order valence-electron chi connectivity index (χ2n) is 4.90. The molecular weight excluding hydrogens is 547 g/mol. The molecule has 0 heterocycles. The van der Waals surface area contributed by atoms with Crippen LogP contribution in [0.4, 0.5) is 79.0 Å². The first-order valence-corrected chi connectivity index (χ1v) is 7.34. The summed E-state index contributed by atoms with van der Waals surface area (Å²) >= 11 is 0. The van der Waals surface area contributed by atoms with Crippen molar-refractivity contribution in [3.63, 3.8) is 0 Å². The monoisotopic (exact) mass is 547 g/mol. The molecule has 0 unspecified atom stereocenters. The van der Waals surface area contributed by atoms with E-state index in [9.17, 15) is 79.0 Å². The fraction of sp³-hybridized carbons (Fsp3) is 1.00. The summed E-state index contributed by atoms with van der Waals surface area (Å²) < 4.78 is 228. The van der Waals surface area contributed by atoms with Gasteiger partial charge in [0.05, 0.1) is 0 Å². The first-order valence-electron chi connectivity index (χ1n) is 6.21. The number of nitrogens with zero attached hydrogens (tertiary/aromatic N) is 1. The highest BCUT2D eigenvalue weighted by molar-refractivity contribution is 7.31. The Morgan fingerprint density at radius 3 is 0.656 bits per heavy atom. The van der Waals surface area contributed by atoms with E-state index in [0.29, 0.717) is 0 Å². The van der Waals surface area contributed by atoms with Gasteiger partial charge in [-0.05, 0) is 0 Å². The van der Waals surface area contributed by atoms with Gasteiger partial charge in [-0.1, -0.05) is 0 Å². The molecule has 0 saturated heterocycles. The molecule has 0 N–H and O–H groups in total. The minimum atomic E-state index is -7.58. The van der Waals surface area contributed by atoms with Gasteiger partial charge < -0.3 is 0 Å². The van der Waals surface area contributed by atoms with E-state index in [1.807, 2.05) is 9.78 Å². The van der Waals surface area contributed by atoms with Gasteiger partial charge in [-0.3, -0.25) is 0 Å². The van der Waals surface area contributed by atoms with Gasteiger partial charge in [0.1, 0.15) is 0 Å². The SMILES string of the molecule is N#P(OOC(C(F)(F)F)(C(F)(F)F)C(F)(F)F)OOC(C(F)(F)F)(C(F)(F)F)C(F)(F)F. The second kappa shape index (κ2) is 8.42. The number of alkyl halides is 18. The van der Waals surface area contributed by atoms with Crippen LogP contribution in [0.2, 0.25) is 0 Å². The third-order valence-corrected chi connectivity index (χ3v) is 3.25. The summed E-state index contributed by atoms with van der Waals surface area (Å²) in [4.78, 5) is 3.92. The van der Waals surface area contributed by atoms with Gasteiger partial charge in [-0.2, -0.15) is 93.8 Å². The molecule has 192 valence electrons. The Balaban J connectivity index is 6.06. The van der Waals surface area contributed by atoms with Crippen molar-refractivity contribution in [2.24, 2.45) is 0 Å². The van der Waals surface area contributed by atoms with Crippen LogP contribution in [0.15, 0.2) is 0 Å². The summed E-state index contributed by atoms with van der Waals surface area (Å²) in [5, 5.41) is 8.54. The lowest BCUT2D eigenvalue weighted by Gasteiger charge is -2.36. The molecule has 0 amide bonds. The van der Waals surface area contributed by atoms with Crippen LogP contribution >= 0.6 is 8.01 Å². The van der Waals surface area contributed by atoms with Crippen molar-refractivity contribution in [3.05, 3.63) is 0 Å². The first-order chi connectivity index (χ1) is 13.6. The molecule has 0 fully saturated rings. The second-order valence-corrected chi connectivity index (χ2v) is 5.68. The molecule has 24 heteroatoms. The van der Waals surface area contributed by atoms with Crippen LogP contribution in [0.5, 0.6) is 0 Å². The molecule has 0 rings (SSSR count). The van der Waals surface area contributed by atoms with Crippen molar-refractivity contribution in [1.29, 1.82) is 5.00 Å². The van der Waals surface area contributed by atoms with E-state index in [1.54, 1.807) is 0 Å². The van der Waals surface area contributed by atoms with Gasteiger partial charge in [0.25, 0.3) is 0 Å². The van der Waals surface area contributed by atoms with Crippen LogP contribution in [-0.4, -0.2) is 48.3 Å². The zero-order chi connectivity index (χ0) is 26.4. The molecule has 0 aliphatic heterocycles. The van der Waals surface area contributed by atoms with Crippen LogP contribution < -0.4 is 0 Å². The van der Waals surface area contributed by atoms with Gasteiger partial charge in [-0.25, -0.2) is 0 Å². The minimum Gasteiger partial charge on any atom is -0.187 e.